The van der Waals surface area contributed by atoms with Crippen molar-refractivity contribution in [3.63, 3.8) is 0 Å². The van der Waals surface area contributed by atoms with Gasteiger partial charge >= 0.3 is 0 Å². The number of hydrogen-bond donors (Lipinski definition) is 0. The van der Waals surface area contributed by atoms with Crippen LogP contribution in [0.15, 0.2) is 48.7 Å². The molecule has 0 N–H and O–H groups in total. The van der Waals surface area contributed by atoms with Gasteiger partial charge in [0.2, 0.25) is 15.9 Å². The fourth-order valence-corrected chi connectivity index (χ4v) is 5.50. The Hall–Kier alpha value is -2.12. The summed E-state index contributed by atoms with van der Waals surface area (Å²) in [7, 11) is -1.52. The summed E-state index contributed by atoms with van der Waals surface area (Å²) in [5.41, 5.74) is 2.04. The number of rotatable bonds is 16. The topological polar surface area (TPSA) is 62.6 Å². The quantitative estimate of drug-likeness (QED) is 0.323. The molecule has 0 aliphatic rings. The van der Waals surface area contributed by atoms with Gasteiger partial charge in [-0.25, -0.2) is 8.42 Å². The van der Waals surface area contributed by atoms with E-state index >= 15 is 0 Å². The Morgan fingerprint density at radius 2 is 1.58 bits per heavy atom. The first-order valence-electron chi connectivity index (χ1n) is 12.3. The fourth-order valence-electron chi connectivity index (χ4n) is 3.90. The monoisotopic (exact) mass is 475 g/mol. The molecule has 33 heavy (non-hydrogen) atoms. The molecule has 1 aromatic carbocycles. The van der Waals surface area contributed by atoms with Crippen molar-refractivity contribution in [2.24, 2.45) is 7.05 Å². The van der Waals surface area contributed by atoms with Crippen molar-refractivity contribution < 1.29 is 13.2 Å². The smallest absolute Gasteiger partial charge is 0.238 e. The van der Waals surface area contributed by atoms with Gasteiger partial charge in [0.05, 0.1) is 18.8 Å². The van der Waals surface area contributed by atoms with Crippen LogP contribution in [0.5, 0.6) is 0 Å². The van der Waals surface area contributed by atoms with Gasteiger partial charge in [-0.1, -0.05) is 76.3 Å². The third kappa shape index (κ3) is 9.33. The molecule has 1 heterocycles. The van der Waals surface area contributed by atoms with Crippen LogP contribution in [0.2, 0.25) is 0 Å². The number of aryl methyl sites for hydroxylation is 1. The van der Waals surface area contributed by atoms with Crippen molar-refractivity contribution in [3.05, 3.63) is 59.9 Å². The van der Waals surface area contributed by atoms with Crippen molar-refractivity contribution in [1.82, 2.24) is 13.8 Å². The molecule has 6 nitrogen and oxygen atoms in total. The lowest BCUT2D eigenvalue weighted by atomic mass is 10.1. The molecule has 184 valence electrons. The Labute approximate surface area is 200 Å². The summed E-state index contributed by atoms with van der Waals surface area (Å²) in [5, 5.41) is 0. The zero-order chi connectivity index (χ0) is 24.1. The second-order valence-corrected chi connectivity index (χ2v) is 10.9. The van der Waals surface area contributed by atoms with Crippen molar-refractivity contribution in [2.75, 3.05) is 18.8 Å². The maximum atomic E-state index is 13.4. The first kappa shape index (κ1) is 27.1. The first-order valence-corrected chi connectivity index (χ1v) is 13.9. The summed E-state index contributed by atoms with van der Waals surface area (Å²) in [6.07, 6.45) is 8.79. The number of amides is 1. The Morgan fingerprint density at radius 1 is 0.879 bits per heavy atom. The van der Waals surface area contributed by atoms with E-state index in [0.29, 0.717) is 32.5 Å². The number of carbonyl (C=O) groups excluding carboxylic acids is 1. The lowest BCUT2D eigenvalue weighted by molar-refractivity contribution is -0.132. The zero-order valence-electron chi connectivity index (χ0n) is 20.6. The lowest BCUT2D eigenvalue weighted by Gasteiger charge is -2.27. The van der Waals surface area contributed by atoms with E-state index < -0.39 is 10.0 Å². The highest BCUT2D eigenvalue weighted by molar-refractivity contribution is 7.89. The largest absolute Gasteiger partial charge is 0.353 e. The predicted octanol–water partition coefficient (Wildman–Crippen LogP) is 4.96. The molecule has 1 aromatic heterocycles. The van der Waals surface area contributed by atoms with Crippen molar-refractivity contribution in [1.29, 1.82) is 0 Å². The number of nitrogens with zero attached hydrogens (tertiary/aromatic N) is 3. The van der Waals surface area contributed by atoms with Crippen LogP contribution in [-0.2, 0) is 35.0 Å². The van der Waals surface area contributed by atoms with Gasteiger partial charge in [-0.05, 0) is 30.5 Å². The minimum absolute atomic E-state index is 0.108. The van der Waals surface area contributed by atoms with E-state index in [1.807, 2.05) is 67.2 Å². The summed E-state index contributed by atoms with van der Waals surface area (Å²) in [6, 6.07) is 13.8. The number of carbonyl (C=O) groups is 1. The SMILES string of the molecule is CCCCCCCCS(=O)(=O)N(CCC)CC(=O)N(Cc1ccccc1)Cc1cccn1C. The van der Waals surface area contributed by atoms with Gasteiger partial charge < -0.3 is 9.47 Å². The summed E-state index contributed by atoms with van der Waals surface area (Å²) in [5.74, 6) is -0.0527. The van der Waals surface area contributed by atoms with Gasteiger partial charge in [-0.2, -0.15) is 4.31 Å². The second-order valence-electron chi connectivity index (χ2n) is 8.76. The summed E-state index contributed by atoms with van der Waals surface area (Å²) < 4.78 is 29.5. The predicted molar refractivity (Wildman–Crippen MR) is 135 cm³/mol. The molecule has 2 rings (SSSR count). The molecule has 2 aromatic rings. The molecule has 0 unspecified atom stereocenters. The van der Waals surface area contributed by atoms with Gasteiger partial charge in [0, 0.05) is 32.0 Å². The maximum Gasteiger partial charge on any atom is 0.238 e. The fraction of sp³-hybridized carbons (Fsp3) is 0.577. The van der Waals surface area contributed by atoms with Gasteiger partial charge in [0.1, 0.15) is 0 Å². The minimum Gasteiger partial charge on any atom is -0.353 e. The maximum absolute atomic E-state index is 13.4. The van der Waals surface area contributed by atoms with Crippen LogP contribution in [-0.4, -0.2) is 46.9 Å². The number of benzene rings is 1. The van der Waals surface area contributed by atoms with Crippen molar-refractivity contribution in [2.45, 2.75) is 71.9 Å². The van der Waals surface area contributed by atoms with Crippen LogP contribution >= 0.6 is 0 Å². The summed E-state index contributed by atoms with van der Waals surface area (Å²) in [4.78, 5) is 15.1. The molecule has 0 fully saturated rings. The molecule has 0 spiro atoms. The molecule has 0 atom stereocenters. The minimum atomic E-state index is -3.47. The van der Waals surface area contributed by atoms with Crippen molar-refractivity contribution >= 4 is 15.9 Å². The third-order valence-corrected chi connectivity index (χ3v) is 7.81. The number of hydrogen-bond acceptors (Lipinski definition) is 3. The Bertz CT molecular complexity index is 925. The highest BCUT2D eigenvalue weighted by Gasteiger charge is 2.26. The normalized spacial score (nSPS) is 11.8. The Balaban J connectivity index is 2.07. The molecule has 1 amide bonds. The number of unbranched alkanes of at least 4 members (excludes halogenated alkanes) is 5. The molecular weight excluding hydrogens is 434 g/mol. The van der Waals surface area contributed by atoms with Crippen LogP contribution in [0.1, 0.15) is 70.1 Å². The van der Waals surface area contributed by atoms with Crippen LogP contribution in [0.25, 0.3) is 0 Å². The van der Waals surface area contributed by atoms with Crippen LogP contribution in [0.3, 0.4) is 0 Å². The first-order chi connectivity index (χ1) is 15.9. The van der Waals surface area contributed by atoms with E-state index in [1.165, 1.54) is 17.1 Å². The van der Waals surface area contributed by atoms with Gasteiger partial charge in [0.15, 0.2) is 0 Å². The average Bonchev–Trinajstić information content (AvgIpc) is 3.20. The molecule has 0 radical (unpaired) electrons. The van der Waals surface area contributed by atoms with Gasteiger partial charge in [-0.3, -0.25) is 4.79 Å². The molecule has 0 aliphatic carbocycles. The van der Waals surface area contributed by atoms with Gasteiger partial charge in [0.25, 0.3) is 0 Å². The van der Waals surface area contributed by atoms with Gasteiger partial charge in [-0.15, -0.1) is 0 Å². The summed E-state index contributed by atoms with van der Waals surface area (Å²) in [6.45, 7) is 5.26. The summed E-state index contributed by atoms with van der Waals surface area (Å²) >= 11 is 0. The standard InChI is InChI=1S/C26H41N3O3S/c1-4-6-7-8-9-13-20-33(31,32)29(18-5-2)23-26(30)28(21-24-15-11-10-12-16-24)22-25-17-14-19-27(25)3/h10-12,14-17,19H,4-9,13,18,20-23H2,1-3H3. The average molecular weight is 476 g/mol. The number of aromatic nitrogens is 1. The van der Waals surface area contributed by atoms with E-state index in [0.717, 1.165) is 30.5 Å². The number of sulfonamides is 1. The lowest BCUT2D eigenvalue weighted by Crippen LogP contribution is -2.43. The highest BCUT2D eigenvalue weighted by atomic mass is 32.2. The Morgan fingerprint density at radius 3 is 2.21 bits per heavy atom. The molecule has 0 saturated carbocycles. The van der Waals surface area contributed by atoms with E-state index in [4.69, 9.17) is 0 Å². The third-order valence-electron chi connectivity index (χ3n) is 5.91. The van der Waals surface area contributed by atoms with E-state index in [-0.39, 0.29) is 18.2 Å². The van der Waals surface area contributed by atoms with Crippen LogP contribution in [0.4, 0.5) is 0 Å². The molecule has 0 aliphatic heterocycles. The Kier molecular flexibility index (Phi) is 11.7. The van der Waals surface area contributed by atoms with Crippen molar-refractivity contribution in [3.8, 4) is 0 Å². The highest BCUT2D eigenvalue weighted by Crippen LogP contribution is 2.14. The zero-order valence-corrected chi connectivity index (χ0v) is 21.4. The van der Waals surface area contributed by atoms with Crippen LogP contribution in [0, 0.1) is 0 Å². The van der Waals surface area contributed by atoms with E-state index in [2.05, 4.69) is 6.92 Å². The van der Waals surface area contributed by atoms with E-state index in [1.54, 1.807) is 4.90 Å². The second kappa shape index (κ2) is 14.2. The molecule has 0 bridgehead atoms. The van der Waals surface area contributed by atoms with Crippen LogP contribution < -0.4 is 0 Å². The molecule has 0 saturated heterocycles. The molecular formula is C26H41N3O3S. The van der Waals surface area contributed by atoms with E-state index in [9.17, 15) is 13.2 Å². The molecule has 7 heteroatoms.